The summed E-state index contributed by atoms with van der Waals surface area (Å²) in [6.07, 6.45) is 1.97. The number of carbonyl (C=O) groups is 1. The molecule has 0 radical (unpaired) electrons. The van der Waals surface area contributed by atoms with E-state index in [1.54, 1.807) is 18.2 Å². The highest BCUT2D eigenvalue weighted by atomic mass is 32.2. The highest BCUT2D eigenvalue weighted by Crippen LogP contribution is 2.36. The maximum Gasteiger partial charge on any atom is 0.263 e. The molecule has 0 fully saturated rings. The number of aromatic nitrogens is 2. The van der Waals surface area contributed by atoms with Crippen molar-refractivity contribution in [2.45, 2.75) is 28.5 Å². The molecule has 0 spiro atoms. The van der Waals surface area contributed by atoms with Gasteiger partial charge < -0.3 is 5.32 Å². The standard InChI is InChI=1S/C33H27N5O3S2/c1-2-30(32(39)36-25-16-18-26(19-17-25)43(40,41)38-31-15-9-10-20-35-31)42-33-28(22-34)27(23-11-5-3-6-12-23)21-29(37-33)24-13-7-4-8-14-24/h3-21,30H,2H2,1H3,(H,35,38)(H,36,39). The Bertz CT molecular complexity index is 1860. The van der Waals surface area contributed by atoms with Gasteiger partial charge in [-0.1, -0.05) is 85.4 Å². The Balaban J connectivity index is 1.39. The van der Waals surface area contributed by atoms with Gasteiger partial charge in [0.2, 0.25) is 5.91 Å². The second kappa shape index (κ2) is 13.3. The molecule has 0 aliphatic carbocycles. The summed E-state index contributed by atoms with van der Waals surface area (Å²) < 4.78 is 27.9. The predicted molar refractivity (Wildman–Crippen MR) is 170 cm³/mol. The van der Waals surface area contributed by atoms with Crippen LogP contribution in [0.5, 0.6) is 0 Å². The first kappa shape index (κ1) is 29.5. The van der Waals surface area contributed by atoms with E-state index in [2.05, 4.69) is 21.1 Å². The summed E-state index contributed by atoms with van der Waals surface area (Å²) in [7, 11) is -3.85. The summed E-state index contributed by atoms with van der Waals surface area (Å²) in [5.74, 6) is -0.0772. The highest BCUT2D eigenvalue weighted by Gasteiger charge is 2.24. The molecule has 5 aromatic rings. The monoisotopic (exact) mass is 605 g/mol. The quantitative estimate of drug-likeness (QED) is 0.164. The van der Waals surface area contributed by atoms with Gasteiger partial charge in [-0.15, -0.1) is 0 Å². The Morgan fingerprint density at radius 2 is 1.56 bits per heavy atom. The van der Waals surface area contributed by atoms with Crippen molar-refractivity contribution in [2.24, 2.45) is 0 Å². The predicted octanol–water partition coefficient (Wildman–Crippen LogP) is 6.99. The molecule has 2 aromatic heterocycles. The Morgan fingerprint density at radius 3 is 2.16 bits per heavy atom. The SMILES string of the molecule is CCC(Sc1nc(-c2ccccc2)cc(-c2ccccc2)c1C#N)C(=O)Nc1ccc(S(=O)(=O)Nc2ccccn2)cc1. The lowest BCUT2D eigenvalue weighted by atomic mass is 9.99. The number of nitrogens with zero attached hydrogens (tertiary/aromatic N) is 3. The van der Waals surface area contributed by atoms with Gasteiger partial charge in [-0.3, -0.25) is 9.52 Å². The maximum atomic E-state index is 13.4. The third kappa shape index (κ3) is 7.09. The van der Waals surface area contributed by atoms with Crippen LogP contribution >= 0.6 is 11.8 Å². The van der Waals surface area contributed by atoms with Crippen LogP contribution < -0.4 is 10.0 Å². The van der Waals surface area contributed by atoms with Crippen molar-refractivity contribution in [1.29, 1.82) is 5.26 Å². The Kier molecular flexibility index (Phi) is 9.15. The maximum absolute atomic E-state index is 13.4. The largest absolute Gasteiger partial charge is 0.325 e. The number of carbonyl (C=O) groups excluding carboxylic acids is 1. The summed E-state index contributed by atoms with van der Waals surface area (Å²) in [5.41, 5.74) is 4.06. The van der Waals surface area contributed by atoms with Crippen LogP contribution in [0.15, 0.2) is 125 Å². The van der Waals surface area contributed by atoms with Crippen LogP contribution in [0.2, 0.25) is 0 Å². The van der Waals surface area contributed by atoms with E-state index in [0.717, 1.165) is 16.7 Å². The van der Waals surface area contributed by atoms with Crippen LogP contribution in [0.4, 0.5) is 11.5 Å². The highest BCUT2D eigenvalue weighted by molar-refractivity contribution is 8.00. The van der Waals surface area contributed by atoms with Crippen LogP contribution in [0, 0.1) is 11.3 Å². The number of nitrogens with one attached hydrogen (secondary N) is 2. The lowest BCUT2D eigenvalue weighted by Crippen LogP contribution is -2.25. The van der Waals surface area contributed by atoms with E-state index < -0.39 is 15.3 Å². The van der Waals surface area contributed by atoms with Crippen LogP contribution in [-0.2, 0) is 14.8 Å². The van der Waals surface area contributed by atoms with E-state index >= 15 is 0 Å². The zero-order chi connectivity index (χ0) is 30.2. The van der Waals surface area contributed by atoms with Gasteiger partial charge in [-0.25, -0.2) is 18.4 Å². The fraction of sp³-hybridized carbons (Fsp3) is 0.0909. The van der Waals surface area contributed by atoms with E-state index in [0.29, 0.717) is 28.4 Å². The Morgan fingerprint density at radius 1 is 0.907 bits per heavy atom. The fourth-order valence-corrected chi connectivity index (χ4v) is 6.37. The number of anilines is 2. The summed E-state index contributed by atoms with van der Waals surface area (Å²) >= 11 is 1.24. The third-order valence-corrected chi connectivity index (χ3v) is 9.23. The van der Waals surface area contributed by atoms with Crippen LogP contribution in [0.3, 0.4) is 0 Å². The van der Waals surface area contributed by atoms with Gasteiger partial charge in [0.05, 0.1) is 21.4 Å². The first-order valence-corrected chi connectivity index (χ1v) is 15.8. The number of amides is 1. The molecule has 8 nitrogen and oxygen atoms in total. The van der Waals surface area contributed by atoms with Crippen molar-refractivity contribution in [1.82, 2.24) is 9.97 Å². The van der Waals surface area contributed by atoms with Gasteiger partial charge >= 0.3 is 0 Å². The average molecular weight is 606 g/mol. The molecule has 0 saturated heterocycles. The van der Waals surface area contributed by atoms with Crippen molar-refractivity contribution < 1.29 is 13.2 Å². The molecule has 0 aliphatic rings. The molecule has 5 rings (SSSR count). The molecule has 0 bridgehead atoms. The number of hydrogen-bond acceptors (Lipinski definition) is 7. The van der Waals surface area contributed by atoms with Gasteiger partial charge in [0.25, 0.3) is 10.0 Å². The van der Waals surface area contributed by atoms with Crippen LogP contribution in [0.25, 0.3) is 22.4 Å². The second-order valence-corrected chi connectivity index (χ2v) is 12.3. The van der Waals surface area contributed by atoms with E-state index in [9.17, 15) is 18.5 Å². The molecule has 3 aromatic carbocycles. The Hall–Kier alpha value is -4.98. The number of hydrogen-bond donors (Lipinski definition) is 2. The number of nitriles is 1. The van der Waals surface area contributed by atoms with Gasteiger partial charge in [-0.05, 0) is 54.4 Å². The molecule has 1 atom stereocenters. The van der Waals surface area contributed by atoms with Crippen LogP contribution in [0.1, 0.15) is 18.9 Å². The molecular weight excluding hydrogens is 579 g/mol. The number of rotatable bonds is 10. The van der Waals surface area contributed by atoms with Crippen molar-refractivity contribution in [3.63, 3.8) is 0 Å². The number of benzene rings is 3. The van der Waals surface area contributed by atoms with Gasteiger partial charge in [0.15, 0.2) is 0 Å². The fourth-order valence-electron chi connectivity index (χ4n) is 4.33. The molecule has 214 valence electrons. The summed E-state index contributed by atoms with van der Waals surface area (Å²) in [4.78, 5) is 22.3. The minimum atomic E-state index is -3.85. The zero-order valence-electron chi connectivity index (χ0n) is 23.1. The number of sulfonamides is 1. The zero-order valence-corrected chi connectivity index (χ0v) is 24.8. The molecule has 2 heterocycles. The molecule has 1 amide bonds. The molecule has 2 N–H and O–H groups in total. The number of thioether (sulfide) groups is 1. The smallest absolute Gasteiger partial charge is 0.263 e. The first-order valence-electron chi connectivity index (χ1n) is 13.5. The minimum absolute atomic E-state index is 0.0339. The van der Waals surface area contributed by atoms with Gasteiger partial charge in [0, 0.05) is 23.0 Å². The summed E-state index contributed by atoms with van der Waals surface area (Å²) in [6.45, 7) is 1.89. The minimum Gasteiger partial charge on any atom is -0.325 e. The van der Waals surface area contributed by atoms with Crippen molar-refractivity contribution in [3.8, 4) is 28.5 Å². The van der Waals surface area contributed by atoms with Crippen LogP contribution in [-0.4, -0.2) is 29.5 Å². The molecular formula is C33H27N5O3S2. The molecule has 0 aliphatic heterocycles. The summed E-state index contributed by atoms with van der Waals surface area (Å²) in [6, 6.07) is 34.4. The topological polar surface area (TPSA) is 125 Å². The van der Waals surface area contributed by atoms with Crippen molar-refractivity contribution >= 4 is 39.2 Å². The molecule has 0 saturated carbocycles. The Labute approximate surface area is 254 Å². The second-order valence-electron chi connectivity index (χ2n) is 9.43. The molecule has 1 unspecified atom stereocenters. The van der Waals surface area contributed by atoms with E-state index in [1.807, 2.05) is 73.7 Å². The van der Waals surface area contributed by atoms with E-state index in [-0.39, 0.29) is 16.6 Å². The lowest BCUT2D eigenvalue weighted by molar-refractivity contribution is -0.115. The first-order chi connectivity index (χ1) is 20.9. The van der Waals surface area contributed by atoms with Crippen molar-refractivity contribution in [3.05, 3.63) is 121 Å². The van der Waals surface area contributed by atoms with Crippen molar-refractivity contribution in [2.75, 3.05) is 10.0 Å². The average Bonchev–Trinajstić information content (AvgIpc) is 3.04. The number of pyridine rings is 2. The van der Waals surface area contributed by atoms with E-state index in [4.69, 9.17) is 4.98 Å². The molecule has 10 heteroatoms. The van der Waals surface area contributed by atoms with E-state index in [1.165, 1.54) is 42.2 Å². The third-order valence-electron chi connectivity index (χ3n) is 6.51. The summed E-state index contributed by atoms with van der Waals surface area (Å²) in [5, 5.41) is 13.0. The lowest BCUT2D eigenvalue weighted by Gasteiger charge is -2.17. The normalized spacial score (nSPS) is 11.7. The molecule has 43 heavy (non-hydrogen) atoms. The van der Waals surface area contributed by atoms with Gasteiger partial charge in [-0.2, -0.15) is 5.26 Å². The van der Waals surface area contributed by atoms with Gasteiger partial charge in [0.1, 0.15) is 16.9 Å².